The van der Waals surface area contributed by atoms with Gasteiger partial charge in [0, 0.05) is 10.6 Å². The Balaban J connectivity index is 2.66. The Kier molecular flexibility index (Phi) is 4.39. The minimum atomic E-state index is -0.780. The van der Waals surface area contributed by atoms with Gasteiger partial charge in [-0.3, -0.25) is 4.79 Å². The average Bonchev–Trinajstić information content (AvgIpc) is 2.25. The molecule has 3 nitrogen and oxygen atoms in total. The lowest BCUT2D eigenvalue weighted by molar-refractivity contribution is -0.140. The van der Waals surface area contributed by atoms with Crippen molar-refractivity contribution in [1.82, 2.24) is 0 Å². The lowest BCUT2D eigenvalue weighted by Gasteiger charge is -2.06. The van der Waals surface area contributed by atoms with Gasteiger partial charge in [0.05, 0.1) is 17.6 Å². The van der Waals surface area contributed by atoms with E-state index in [1.807, 2.05) is 19.1 Å². The number of aliphatic carboxylic acids is 1. The zero-order chi connectivity index (χ0) is 12.1. The number of hydrogen-bond acceptors (Lipinski definition) is 3. The molecule has 0 amide bonds. The van der Waals surface area contributed by atoms with E-state index >= 15 is 0 Å². The Morgan fingerprint density at radius 3 is 2.81 bits per heavy atom. The molecule has 16 heavy (non-hydrogen) atoms. The quantitative estimate of drug-likeness (QED) is 0.815. The van der Waals surface area contributed by atoms with Crippen molar-refractivity contribution < 1.29 is 9.90 Å². The average molecular weight is 235 g/mol. The topological polar surface area (TPSA) is 61.1 Å². The third-order valence-corrected chi connectivity index (χ3v) is 3.49. The van der Waals surface area contributed by atoms with Gasteiger partial charge in [-0.25, -0.2) is 0 Å². The number of hydrogen-bond donors (Lipinski definition) is 1. The number of rotatable bonds is 4. The summed E-state index contributed by atoms with van der Waals surface area (Å²) in [5.74, 6) is -0.598. The first kappa shape index (κ1) is 12.6. The number of benzene rings is 1. The van der Waals surface area contributed by atoms with Gasteiger partial charge in [0.2, 0.25) is 0 Å². The molecule has 4 heteroatoms. The number of carboxylic acids is 1. The monoisotopic (exact) mass is 235 g/mol. The van der Waals surface area contributed by atoms with Crippen LogP contribution in [0.3, 0.4) is 0 Å². The standard InChI is InChI=1S/C12H13NO2S/c1-8-5-11(4-3-10(8)6-13)16-7-9(2)12(14)15/h3-5,9H,7H2,1-2H3,(H,14,15). The highest BCUT2D eigenvalue weighted by Gasteiger charge is 2.11. The minimum absolute atomic E-state index is 0.360. The van der Waals surface area contributed by atoms with Crippen molar-refractivity contribution in [2.75, 3.05) is 5.75 Å². The smallest absolute Gasteiger partial charge is 0.307 e. The molecule has 1 N–H and O–H groups in total. The van der Waals surface area contributed by atoms with Crippen molar-refractivity contribution in [3.05, 3.63) is 29.3 Å². The molecule has 0 bridgehead atoms. The van der Waals surface area contributed by atoms with Crippen LogP contribution in [0.15, 0.2) is 23.1 Å². The Labute approximate surface area is 99.1 Å². The van der Waals surface area contributed by atoms with Crippen LogP contribution in [0.2, 0.25) is 0 Å². The molecule has 1 atom stereocenters. The fraction of sp³-hybridized carbons (Fsp3) is 0.333. The Bertz CT molecular complexity index is 437. The first-order valence-electron chi connectivity index (χ1n) is 4.91. The summed E-state index contributed by atoms with van der Waals surface area (Å²) in [5.41, 5.74) is 1.59. The van der Waals surface area contributed by atoms with Gasteiger partial charge in [-0.2, -0.15) is 5.26 Å². The molecule has 0 heterocycles. The summed E-state index contributed by atoms with van der Waals surface area (Å²) in [7, 11) is 0. The SMILES string of the molecule is Cc1cc(SCC(C)C(=O)O)ccc1C#N. The van der Waals surface area contributed by atoms with Crippen molar-refractivity contribution in [2.24, 2.45) is 5.92 Å². The zero-order valence-electron chi connectivity index (χ0n) is 9.23. The largest absolute Gasteiger partial charge is 0.481 e. The van der Waals surface area contributed by atoms with E-state index in [0.717, 1.165) is 10.5 Å². The molecule has 0 fully saturated rings. The van der Waals surface area contributed by atoms with E-state index in [1.54, 1.807) is 13.0 Å². The van der Waals surface area contributed by atoms with Gasteiger partial charge in [0.25, 0.3) is 0 Å². The van der Waals surface area contributed by atoms with Crippen LogP contribution in [0, 0.1) is 24.2 Å². The van der Waals surface area contributed by atoms with Gasteiger partial charge in [0.15, 0.2) is 0 Å². The molecule has 1 aromatic carbocycles. The third-order valence-electron chi connectivity index (χ3n) is 2.24. The Morgan fingerprint density at radius 1 is 1.62 bits per heavy atom. The predicted octanol–water partition coefficient (Wildman–Crippen LogP) is 2.68. The highest BCUT2D eigenvalue weighted by molar-refractivity contribution is 7.99. The van der Waals surface area contributed by atoms with E-state index in [4.69, 9.17) is 10.4 Å². The highest BCUT2D eigenvalue weighted by Crippen LogP contribution is 2.23. The van der Waals surface area contributed by atoms with Crippen molar-refractivity contribution in [3.8, 4) is 6.07 Å². The molecule has 0 radical (unpaired) electrons. The van der Waals surface area contributed by atoms with Gasteiger partial charge >= 0.3 is 5.97 Å². The third kappa shape index (κ3) is 3.28. The van der Waals surface area contributed by atoms with Gasteiger partial charge in [0.1, 0.15) is 0 Å². The van der Waals surface area contributed by atoms with Crippen LogP contribution in [0.1, 0.15) is 18.1 Å². The second-order valence-electron chi connectivity index (χ2n) is 3.64. The lowest BCUT2D eigenvalue weighted by atomic mass is 10.1. The van der Waals surface area contributed by atoms with Gasteiger partial charge < -0.3 is 5.11 Å². The predicted molar refractivity (Wildman–Crippen MR) is 63.4 cm³/mol. The molecule has 0 aliphatic carbocycles. The number of carboxylic acid groups (broad SMARTS) is 1. The van der Waals surface area contributed by atoms with Gasteiger partial charge in [-0.15, -0.1) is 11.8 Å². The molecule has 1 unspecified atom stereocenters. The van der Waals surface area contributed by atoms with E-state index in [1.165, 1.54) is 11.8 Å². The van der Waals surface area contributed by atoms with Crippen molar-refractivity contribution in [1.29, 1.82) is 5.26 Å². The highest BCUT2D eigenvalue weighted by atomic mass is 32.2. The minimum Gasteiger partial charge on any atom is -0.481 e. The molecular weight excluding hydrogens is 222 g/mol. The first-order valence-corrected chi connectivity index (χ1v) is 5.89. The molecule has 1 rings (SSSR count). The van der Waals surface area contributed by atoms with Crippen LogP contribution in [0.5, 0.6) is 0 Å². The van der Waals surface area contributed by atoms with Gasteiger partial charge in [-0.05, 0) is 30.7 Å². The van der Waals surface area contributed by atoms with Crippen molar-refractivity contribution >= 4 is 17.7 Å². The molecule has 0 saturated carbocycles. The molecule has 0 aliphatic heterocycles. The second-order valence-corrected chi connectivity index (χ2v) is 4.73. The summed E-state index contributed by atoms with van der Waals surface area (Å²) in [6, 6.07) is 7.64. The fourth-order valence-corrected chi connectivity index (χ4v) is 2.15. The van der Waals surface area contributed by atoms with Crippen LogP contribution in [-0.4, -0.2) is 16.8 Å². The fourth-order valence-electron chi connectivity index (χ4n) is 1.14. The van der Waals surface area contributed by atoms with E-state index < -0.39 is 5.97 Å². The molecule has 0 saturated heterocycles. The molecule has 0 spiro atoms. The number of nitriles is 1. The Hall–Kier alpha value is -1.47. The Morgan fingerprint density at radius 2 is 2.31 bits per heavy atom. The van der Waals surface area contributed by atoms with Crippen LogP contribution in [0.4, 0.5) is 0 Å². The molecule has 84 valence electrons. The molecule has 0 aliphatic rings. The molecule has 0 aromatic heterocycles. The van der Waals surface area contributed by atoms with Crippen LogP contribution >= 0.6 is 11.8 Å². The number of carbonyl (C=O) groups is 1. The number of nitrogens with zero attached hydrogens (tertiary/aromatic N) is 1. The van der Waals surface area contributed by atoms with Crippen LogP contribution < -0.4 is 0 Å². The summed E-state index contributed by atoms with van der Waals surface area (Å²) < 4.78 is 0. The van der Waals surface area contributed by atoms with E-state index in [-0.39, 0.29) is 5.92 Å². The number of aryl methyl sites for hydroxylation is 1. The first-order chi connectivity index (χ1) is 7.54. The van der Waals surface area contributed by atoms with E-state index in [2.05, 4.69) is 6.07 Å². The second kappa shape index (κ2) is 5.57. The zero-order valence-corrected chi connectivity index (χ0v) is 10.0. The number of thioether (sulfide) groups is 1. The maximum Gasteiger partial charge on any atom is 0.307 e. The maximum atomic E-state index is 10.6. The van der Waals surface area contributed by atoms with E-state index in [9.17, 15) is 4.79 Å². The summed E-state index contributed by atoms with van der Waals surface area (Å²) in [6.45, 7) is 3.56. The summed E-state index contributed by atoms with van der Waals surface area (Å²) in [6.07, 6.45) is 0. The maximum absolute atomic E-state index is 10.6. The molecule has 1 aromatic rings. The van der Waals surface area contributed by atoms with Crippen molar-refractivity contribution in [2.45, 2.75) is 18.7 Å². The van der Waals surface area contributed by atoms with Crippen LogP contribution in [0.25, 0.3) is 0 Å². The summed E-state index contributed by atoms with van der Waals surface area (Å²) in [4.78, 5) is 11.6. The van der Waals surface area contributed by atoms with Crippen LogP contribution in [-0.2, 0) is 4.79 Å². The lowest BCUT2D eigenvalue weighted by Crippen LogP contribution is -2.11. The normalized spacial score (nSPS) is 11.8. The van der Waals surface area contributed by atoms with E-state index in [0.29, 0.717) is 11.3 Å². The summed E-state index contributed by atoms with van der Waals surface area (Å²) >= 11 is 1.50. The van der Waals surface area contributed by atoms with Crippen molar-refractivity contribution in [3.63, 3.8) is 0 Å². The summed E-state index contributed by atoms with van der Waals surface area (Å²) in [5, 5.41) is 17.5. The van der Waals surface area contributed by atoms with Gasteiger partial charge in [-0.1, -0.05) is 6.92 Å². The molecular formula is C12H13NO2S.